The summed E-state index contributed by atoms with van der Waals surface area (Å²) >= 11 is 0. The predicted octanol–water partition coefficient (Wildman–Crippen LogP) is 0.643. The third kappa shape index (κ3) is 2.86. The van der Waals surface area contributed by atoms with E-state index in [0.717, 1.165) is 5.69 Å². The maximum atomic E-state index is 11.9. The number of nitrogens with two attached hydrogens (primary N) is 1. The van der Waals surface area contributed by atoms with Crippen LogP contribution in [0, 0.1) is 0 Å². The van der Waals surface area contributed by atoms with E-state index in [9.17, 15) is 9.90 Å². The fraction of sp³-hybridized carbons (Fsp3) is 0.500. The highest BCUT2D eigenvalue weighted by Gasteiger charge is 2.25. The number of nitrogen functional groups attached to an aromatic ring is 1. The summed E-state index contributed by atoms with van der Waals surface area (Å²) in [6.07, 6.45) is 0. The minimum absolute atomic E-state index is 0.0247. The lowest BCUT2D eigenvalue weighted by molar-refractivity contribution is 0.0527. The van der Waals surface area contributed by atoms with Crippen LogP contribution in [0.1, 0.15) is 17.3 Å². The number of para-hydroxylation sites is 1. The molecule has 1 aromatic rings. The number of ether oxygens (including phenoxy) is 2. The maximum absolute atomic E-state index is 11.9. The molecule has 1 heterocycles. The second-order valence-corrected chi connectivity index (χ2v) is 4.56. The van der Waals surface area contributed by atoms with Gasteiger partial charge in [0.25, 0.3) is 0 Å². The normalized spacial score (nSPS) is 18.9. The Labute approximate surface area is 118 Å². The summed E-state index contributed by atoms with van der Waals surface area (Å²) in [4.78, 5) is 13.8. The van der Waals surface area contributed by atoms with Crippen molar-refractivity contribution in [3.63, 3.8) is 0 Å². The van der Waals surface area contributed by atoms with Crippen molar-refractivity contribution in [1.82, 2.24) is 0 Å². The number of carbonyl (C=O) groups is 1. The molecule has 1 atom stereocenters. The van der Waals surface area contributed by atoms with Crippen LogP contribution in [0.3, 0.4) is 0 Å². The van der Waals surface area contributed by atoms with Gasteiger partial charge in [-0.15, -0.1) is 0 Å². The minimum atomic E-state index is -0.430. The second-order valence-electron chi connectivity index (χ2n) is 4.56. The topological polar surface area (TPSA) is 85.0 Å². The molecule has 0 radical (unpaired) electrons. The van der Waals surface area contributed by atoms with Gasteiger partial charge in [-0.1, -0.05) is 6.07 Å². The fourth-order valence-electron chi connectivity index (χ4n) is 2.31. The van der Waals surface area contributed by atoms with E-state index in [1.54, 1.807) is 19.1 Å². The van der Waals surface area contributed by atoms with Crippen LogP contribution in [0.25, 0.3) is 0 Å². The van der Waals surface area contributed by atoms with Crippen LogP contribution in [-0.2, 0) is 9.47 Å². The third-order valence-electron chi connectivity index (χ3n) is 3.33. The van der Waals surface area contributed by atoms with Gasteiger partial charge in [0, 0.05) is 6.54 Å². The molecular formula is C14H20N2O4. The molecule has 0 amide bonds. The van der Waals surface area contributed by atoms with Crippen LogP contribution in [0.15, 0.2) is 18.2 Å². The van der Waals surface area contributed by atoms with Crippen LogP contribution in [0.4, 0.5) is 11.4 Å². The number of morpholine rings is 1. The average molecular weight is 280 g/mol. The summed E-state index contributed by atoms with van der Waals surface area (Å²) in [7, 11) is 0. The lowest BCUT2D eigenvalue weighted by atomic mass is 10.1. The molecule has 2 rings (SSSR count). The molecule has 3 N–H and O–H groups in total. The number of esters is 1. The molecule has 0 saturated carbocycles. The van der Waals surface area contributed by atoms with Crippen molar-refractivity contribution in [3.05, 3.63) is 23.8 Å². The van der Waals surface area contributed by atoms with E-state index in [-0.39, 0.29) is 12.6 Å². The number of anilines is 2. The average Bonchev–Trinajstić information content (AvgIpc) is 2.47. The first-order chi connectivity index (χ1) is 9.69. The van der Waals surface area contributed by atoms with Crippen LogP contribution in [0.2, 0.25) is 0 Å². The number of aliphatic hydroxyl groups excluding tert-OH is 1. The number of hydrogen-bond donors (Lipinski definition) is 2. The molecule has 1 unspecified atom stereocenters. The van der Waals surface area contributed by atoms with Crippen molar-refractivity contribution < 1.29 is 19.4 Å². The zero-order valence-corrected chi connectivity index (χ0v) is 11.5. The summed E-state index contributed by atoms with van der Waals surface area (Å²) in [6, 6.07) is 5.10. The Hall–Kier alpha value is -1.79. The molecule has 1 aliphatic heterocycles. The Morgan fingerprint density at radius 1 is 1.60 bits per heavy atom. The standard InChI is InChI=1S/C14H20N2O4/c1-2-20-14(18)11-4-3-5-12(13(11)15)16-6-7-19-9-10(16)8-17/h3-5,10,17H,2,6-9,15H2,1H3. The highest BCUT2D eigenvalue weighted by Crippen LogP contribution is 2.29. The van der Waals surface area contributed by atoms with Crippen molar-refractivity contribution >= 4 is 17.3 Å². The Kier molecular flexibility index (Phi) is 4.81. The van der Waals surface area contributed by atoms with Crippen molar-refractivity contribution in [3.8, 4) is 0 Å². The van der Waals surface area contributed by atoms with E-state index in [4.69, 9.17) is 15.2 Å². The van der Waals surface area contributed by atoms with Gasteiger partial charge < -0.3 is 25.2 Å². The Morgan fingerprint density at radius 3 is 3.10 bits per heavy atom. The molecule has 6 heteroatoms. The quantitative estimate of drug-likeness (QED) is 0.622. The summed E-state index contributed by atoms with van der Waals surface area (Å²) < 4.78 is 10.3. The highest BCUT2D eigenvalue weighted by atomic mass is 16.5. The lowest BCUT2D eigenvalue weighted by Crippen LogP contribution is -2.48. The molecule has 1 fully saturated rings. The zero-order chi connectivity index (χ0) is 14.5. The highest BCUT2D eigenvalue weighted by molar-refractivity contribution is 5.98. The third-order valence-corrected chi connectivity index (χ3v) is 3.33. The molecular weight excluding hydrogens is 260 g/mol. The monoisotopic (exact) mass is 280 g/mol. The minimum Gasteiger partial charge on any atom is -0.462 e. The van der Waals surface area contributed by atoms with Crippen molar-refractivity contribution in [2.45, 2.75) is 13.0 Å². The van der Waals surface area contributed by atoms with Gasteiger partial charge in [-0.05, 0) is 19.1 Å². The lowest BCUT2D eigenvalue weighted by Gasteiger charge is -2.37. The Morgan fingerprint density at radius 2 is 2.40 bits per heavy atom. The number of nitrogens with zero attached hydrogens (tertiary/aromatic N) is 1. The second kappa shape index (κ2) is 6.58. The van der Waals surface area contributed by atoms with Crippen molar-refractivity contribution in [2.24, 2.45) is 0 Å². The van der Waals surface area contributed by atoms with Gasteiger partial charge in [0.2, 0.25) is 0 Å². The van der Waals surface area contributed by atoms with E-state index in [1.165, 1.54) is 0 Å². The van der Waals surface area contributed by atoms with Gasteiger partial charge in [0.1, 0.15) is 0 Å². The number of benzene rings is 1. The van der Waals surface area contributed by atoms with Gasteiger partial charge in [0.05, 0.1) is 49.4 Å². The van der Waals surface area contributed by atoms with Gasteiger partial charge in [0.15, 0.2) is 0 Å². The summed E-state index contributed by atoms with van der Waals surface area (Å²) in [5.41, 5.74) is 7.57. The molecule has 1 aliphatic rings. The number of rotatable bonds is 4. The number of aliphatic hydroxyl groups is 1. The van der Waals surface area contributed by atoms with Crippen LogP contribution in [-0.4, -0.2) is 50.1 Å². The van der Waals surface area contributed by atoms with Gasteiger partial charge in [-0.2, -0.15) is 0 Å². The zero-order valence-electron chi connectivity index (χ0n) is 11.5. The largest absolute Gasteiger partial charge is 0.462 e. The molecule has 0 spiro atoms. The number of hydrogen-bond acceptors (Lipinski definition) is 6. The van der Waals surface area contributed by atoms with Crippen LogP contribution < -0.4 is 10.6 Å². The summed E-state index contributed by atoms with van der Waals surface area (Å²) in [5.74, 6) is -0.430. The van der Waals surface area contributed by atoms with Crippen molar-refractivity contribution in [2.75, 3.05) is 43.6 Å². The first kappa shape index (κ1) is 14.6. The fourth-order valence-corrected chi connectivity index (χ4v) is 2.31. The molecule has 20 heavy (non-hydrogen) atoms. The van der Waals surface area contributed by atoms with Gasteiger partial charge in [-0.25, -0.2) is 4.79 Å². The van der Waals surface area contributed by atoms with Crippen LogP contribution in [0.5, 0.6) is 0 Å². The van der Waals surface area contributed by atoms with E-state index < -0.39 is 5.97 Å². The van der Waals surface area contributed by atoms with E-state index in [1.807, 2.05) is 11.0 Å². The van der Waals surface area contributed by atoms with Crippen LogP contribution >= 0.6 is 0 Å². The smallest absolute Gasteiger partial charge is 0.340 e. The molecule has 0 aromatic heterocycles. The van der Waals surface area contributed by atoms with E-state index in [2.05, 4.69) is 0 Å². The Bertz CT molecular complexity index is 478. The maximum Gasteiger partial charge on any atom is 0.340 e. The molecule has 1 aromatic carbocycles. The van der Waals surface area contributed by atoms with Gasteiger partial charge in [-0.3, -0.25) is 0 Å². The number of carbonyl (C=O) groups excluding carboxylic acids is 1. The predicted molar refractivity (Wildman–Crippen MR) is 75.8 cm³/mol. The molecule has 0 bridgehead atoms. The summed E-state index contributed by atoms with van der Waals surface area (Å²) in [6.45, 7) is 3.67. The van der Waals surface area contributed by atoms with E-state index >= 15 is 0 Å². The summed E-state index contributed by atoms with van der Waals surface area (Å²) in [5, 5.41) is 9.42. The Balaban J connectivity index is 2.32. The first-order valence-corrected chi connectivity index (χ1v) is 6.69. The molecule has 0 aliphatic carbocycles. The molecule has 1 saturated heterocycles. The first-order valence-electron chi connectivity index (χ1n) is 6.69. The van der Waals surface area contributed by atoms with Crippen molar-refractivity contribution in [1.29, 1.82) is 0 Å². The molecule has 6 nitrogen and oxygen atoms in total. The SMILES string of the molecule is CCOC(=O)c1cccc(N2CCOCC2CO)c1N. The van der Waals surface area contributed by atoms with Gasteiger partial charge >= 0.3 is 5.97 Å². The molecule has 110 valence electrons. The van der Waals surface area contributed by atoms with E-state index in [0.29, 0.717) is 37.6 Å².